The molecule has 0 heterocycles. The van der Waals surface area contributed by atoms with Crippen molar-refractivity contribution < 1.29 is 9.53 Å². The number of rotatable bonds is 5. The van der Waals surface area contributed by atoms with Crippen LogP contribution in [0.5, 0.6) is 0 Å². The van der Waals surface area contributed by atoms with Gasteiger partial charge in [0, 0.05) is 12.1 Å². The molecular weight excluding hydrogens is 202 g/mol. The molecule has 2 N–H and O–H groups in total. The summed E-state index contributed by atoms with van der Waals surface area (Å²) in [6.45, 7) is 2.16. The van der Waals surface area contributed by atoms with Crippen molar-refractivity contribution in [3.05, 3.63) is 48.0 Å². The van der Waals surface area contributed by atoms with Crippen LogP contribution in [-0.2, 0) is 16.0 Å². The van der Waals surface area contributed by atoms with Crippen LogP contribution in [0.2, 0.25) is 0 Å². The van der Waals surface area contributed by atoms with Crippen molar-refractivity contribution in [3.63, 3.8) is 0 Å². The molecule has 0 saturated carbocycles. The zero-order valence-corrected chi connectivity index (χ0v) is 9.43. The van der Waals surface area contributed by atoms with Gasteiger partial charge in [0.2, 0.25) is 0 Å². The van der Waals surface area contributed by atoms with Gasteiger partial charge in [0.1, 0.15) is 0 Å². The third-order valence-corrected chi connectivity index (χ3v) is 2.08. The van der Waals surface area contributed by atoms with Crippen molar-refractivity contribution in [2.75, 3.05) is 6.61 Å². The maximum atomic E-state index is 11.0. The third kappa shape index (κ3) is 4.75. The van der Waals surface area contributed by atoms with E-state index in [0.29, 0.717) is 6.61 Å². The summed E-state index contributed by atoms with van der Waals surface area (Å²) >= 11 is 0. The molecular formula is C13H17NO2. The second kappa shape index (κ2) is 6.80. The lowest BCUT2D eigenvalue weighted by atomic mass is 10.1. The van der Waals surface area contributed by atoms with E-state index in [1.807, 2.05) is 30.3 Å². The monoisotopic (exact) mass is 219 g/mol. The molecule has 1 atom stereocenters. The number of hydrogen-bond donors (Lipinski definition) is 1. The van der Waals surface area contributed by atoms with Crippen LogP contribution in [-0.4, -0.2) is 18.6 Å². The normalized spacial score (nSPS) is 12.6. The topological polar surface area (TPSA) is 52.3 Å². The lowest BCUT2D eigenvalue weighted by Gasteiger charge is -2.06. The molecule has 86 valence electrons. The van der Waals surface area contributed by atoms with E-state index in [4.69, 9.17) is 10.5 Å². The third-order valence-electron chi connectivity index (χ3n) is 2.08. The fourth-order valence-corrected chi connectivity index (χ4v) is 1.35. The van der Waals surface area contributed by atoms with Crippen molar-refractivity contribution in [1.82, 2.24) is 0 Å². The molecule has 0 saturated heterocycles. The Morgan fingerprint density at radius 2 is 2.12 bits per heavy atom. The Morgan fingerprint density at radius 3 is 2.75 bits per heavy atom. The van der Waals surface area contributed by atoms with Crippen LogP contribution in [0.25, 0.3) is 0 Å². The Balaban J connectivity index is 2.41. The van der Waals surface area contributed by atoms with E-state index < -0.39 is 0 Å². The van der Waals surface area contributed by atoms with E-state index in [-0.39, 0.29) is 12.0 Å². The zero-order chi connectivity index (χ0) is 11.8. The standard InChI is InChI=1S/C13H17NO2/c1-2-16-13(15)9-8-12(14)10-11-6-4-3-5-7-11/h3-9,12H,2,10,14H2,1H3/t12-/m0/s1. The van der Waals surface area contributed by atoms with Crippen LogP contribution in [0.1, 0.15) is 12.5 Å². The van der Waals surface area contributed by atoms with Crippen LogP contribution in [0.15, 0.2) is 42.5 Å². The van der Waals surface area contributed by atoms with Gasteiger partial charge in [-0.3, -0.25) is 0 Å². The van der Waals surface area contributed by atoms with Gasteiger partial charge >= 0.3 is 5.97 Å². The molecule has 0 unspecified atom stereocenters. The minimum absolute atomic E-state index is 0.160. The summed E-state index contributed by atoms with van der Waals surface area (Å²) in [5.74, 6) is -0.342. The molecule has 0 aliphatic carbocycles. The van der Waals surface area contributed by atoms with Crippen molar-refractivity contribution in [2.45, 2.75) is 19.4 Å². The fourth-order valence-electron chi connectivity index (χ4n) is 1.35. The van der Waals surface area contributed by atoms with Crippen LogP contribution in [0, 0.1) is 0 Å². The van der Waals surface area contributed by atoms with Gasteiger partial charge in [-0.25, -0.2) is 4.79 Å². The minimum Gasteiger partial charge on any atom is -0.463 e. The number of esters is 1. The summed E-state index contributed by atoms with van der Waals surface area (Å²) < 4.78 is 4.76. The molecule has 16 heavy (non-hydrogen) atoms. The van der Waals surface area contributed by atoms with Gasteiger partial charge in [-0.2, -0.15) is 0 Å². The second-order valence-electron chi connectivity index (χ2n) is 3.46. The molecule has 0 bridgehead atoms. The van der Waals surface area contributed by atoms with E-state index in [1.165, 1.54) is 6.08 Å². The summed E-state index contributed by atoms with van der Waals surface area (Å²) in [5, 5.41) is 0. The molecule has 0 spiro atoms. The summed E-state index contributed by atoms with van der Waals surface area (Å²) in [6.07, 6.45) is 3.78. The summed E-state index contributed by atoms with van der Waals surface area (Å²) in [7, 11) is 0. The number of nitrogens with two attached hydrogens (primary N) is 1. The van der Waals surface area contributed by atoms with Crippen molar-refractivity contribution in [3.8, 4) is 0 Å². The smallest absolute Gasteiger partial charge is 0.330 e. The van der Waals surface area contributed by atoms with E-state index in [2.05, 4.69) is 0 Å². The lowest BCUT2D eigenvalue weighted by Crippen LogP contribution is -2.20. The van der Waals surface area contributed by atoms with Gasteiger partial charge in [0.25, 0.3) is 0 Å². The zero-order valence-electron chi connectivity index (χ0n) is 9.43. The Morgan fingerprint density at radius 1 is 1.44 bits per heavy atom. The quantitative estimate of drug-likeness (QED) is 0.605. The molecule has 3 heteroatoms. The van der Waals surface area contributed by atoms with Crippen LogP contribution in [0.4, 0.5) is 0 Å². The maximum absolute atomic E-state index is 11.0. The minimum atomic E-state index is -0.342. The van der Waals surface area contributed by atoms with Gasteiger partial charge in [-0.15, -0.1) is 0 Å². The summed E-state index contributed by atoms with van der Waals surface area (Å²) in [4.78, 5) is 11.0. The summed E-state index contributed by atoms with van der Waals surface area (Å²) in [5.41, 5.74) is 7.01. The van der Waals surface area contributed by atoms with Crippen molar-refractivity contribution >= 4 is 5.97 Å². The lowest BCUT2D eigenvalue weighted by molar-refractivity contribution is -0.137. The Labute approximate surface area is 95.9 Å². The Hall–Kier alpha value is -1.61. The largest absolute Gasteiger partial charge is 0.463 e. The molecule has 1 aromatic carbocycles. The molecule has 0 amide bonds. The molecule has 0 aliphatic rings. The maximum Gasteiger partial charge on any atom is 0.330 e. The van der Waals surface area contributed by atoms with Crippen LogP contribution in [0.3, 0.4) is 0 Å². The van der Waals surface area contributed by atoms with Crippen molar-refractivity contribution in [1.29, 1.82) is 0 Å². The number of benzene rings is 1. The predicted octanol–water partition coefficient (Wildman–Crippen LogP) is 1.68. The molecule has 1 rings (SSSR count). The predicted molar refractivity (Wildman–Crippen MR) is 63.9 cm³/mol. The van der Waals surface area contributed by atoms with E-state index >= 15 is 0 Å². The molecule has 0 radical (unpaired) electrons. The highest BCUT2D eigenvalue weighted by atomic mass is 16.5. The fraction of sp³-hybridized carbons (Fsp3) is 0.308. The Bertz CT molecular complexity index is 346. The van der Waals surface area contributed by atoms with Gasteiger partial charge < -0.3 is 10.5 Å². The van der Waals surface area contributed by atoms with E-state index in [1.54, 1.807) is 13.0 Å². The number of ether oxygens (including phenoxy) is 1. The molecule has 0 aromatic heterocycles. The first-order valence-corrected chi connectivity index (χ1v) is 5.37. The summed E-state index contributed by atoms with van der Waals surface area (Å²) in [6, 6.07) is 9.76. The van der Waals surface area contributed by atoms with Crippen molar-refractivity contribution in [2.24, 2.45) is 5.73 Å². The molecule has 1 aromatic rings. The molecule has 0 aliphatic heterocycles. The number of carbonyl (C=O) groups is 1. The SMILES string of the molecule is CCOC(=O)C=C[C@H](N)Cc1ccccc1. The second-order valence-corrected chi connectivity index (χ2v) is 3.46. The first-order valence-electron chi connectivity index (χ1n) is 5.37. The van der Waals surface area contributed by atoms with E-state index in [9.17, 15) is 4.79 Å². The average molecular weight is 219 g/mol. The van der Waals surface area contributed by atoms with Gasteiger partial charge in [-0.05, 0) is 18.9 Å². The van der Waals surface area contributed by atoms with Gasteiger partial charge in [-0.1, -0.05) is 36.4 Å². The number of hydrogen-bond acceptors (Lipinski definition) is 3. The van der Waals surface area contributed by atoms with Gasteiger partial charge in [0.15, 0.2) is 0 Å². The average Bonchev–Trinajstić information content (AvgIpc) is 2.28. The van der Waals surface area contributed by atoms with Crippen LogP contribution >= 0.6 is 0 Å². The molecule has 3 nitrogen and oxygen atoms in total. The number of carbonyl (C=O) groups excluding carboxylic acids is 1. The van der Waals surface area contributed by atoms with Gasteiger partial charge in [0.05, 0.1) is 6.61 Å². The highest BCUT2D eigenvalue weighted by Crippen LogP contribution is 2.02. The molecule has 0 fully saturated rings. The first-order chi connectivity index (χ1) is 7.72. The van der Waals surface area contributed by atoms with Crippen LogP contribution < -0.4 is 5.73 Å². The highest BCUT2D eigenvalue weighted by molar-refractivity contribution is 5.81. The highest BCUT2D eigenvalue weighted by Gasteiger charge is 2.01. The Kier molecular flexibility index (Phi) is 5.29. The van der Waals surface area contributed by atoms with E-state index in [0.717, 1.165) is 12.0 Å². The first kappa shape index (κ1) is 12.5.